The Morgan fingerprint density at radius 1 is 1.38 bits per heavy atom. The molecule has 0 atom stereocenters. The molecule has 2 aromatic rings. The Kier molecular flexibility index (Phi) is 6.11. The maximum Gasteiger partial charge on any atom is 0.357 e. The Morgan fingerprint density at radius 2 is 2.12 bits per heavy atom. The number of rotatable bonds is 5. The fraction of sp³-hybridized carbons (Fsp3) is 0.188. The van der Waals surface area contributed by atoms with E-state index in [2.05, 4.69) is 20.0 Å². The van der Waals surface area contributed by atoms with E-state index in [0.29, 0.717) is 0 Å². The summed E-state index contributed by atoms with van der Waals surface area (Å²) in [7, 11) is 2.43. The van der Waals surface area contributed by atoms with Gasteiger partial charge in [0.1, 0.15) is 5.82 Å². The number of allylic oxidation sites excluding steroid dienone is 1. The fourth-order valence-corrected chi connectivity index (χ4v) is 2.38. The largest absolute Gasteiger partial charge is 0.492 e. The molecule has 0 aliphatic rings. The number of carbonyl (C=O) groups excluding carboxylic acids is 1. The van der Waals surface area contributed by atoms with E-state index in [1.807, 2.05) is 0 Å². The molecule has 0 unspecified atom stereocenters. The van der Waals surface area contributed by atoms with Gasteiger partial charge >= 0.3 is 5.97 Å². The molecule has 0 saturated heterocycles. The van der Waals surface area contributed by atoms with Crippen molar-refractivity contribution in [2.75, 3.05) is 14.2 Å². The molecule has 0 fully saturated rings. The molecular formula is C16H13ClFN5O3. The number of carbonyl (C=O) groups is 1. The van der Waals surface area contributed by atoms with Gasteiger partial charge in [-0.25, -0.2) is 19.2 Å². The normalized spacial score (nSPS) is 10.5. The standard InChI is InChI=1S/C16H13ClFN5O3/c1-4-5-9-12(16(24)26-3)20-14(21-15(9)22-23-19)8-6-7-10(17)13(25-2)11(8)18/h4-7H,1-3H3. The number of nitrogens with zero attached hydrogens (tertiary/aromatic N) is 5. The Morgan fingerprint density at radius 3 is 2.69 bits per heavy atom. The first-order chi connectivity index (χ1) is 12.5. The lowest BCUT2D eigenvalue weighted by atomic mass is 10.1. The molecule has 0 radical (unpaired) electrons. The minimum Gasteiger partial charge on any atom is -0.492 e. The van der Waals surface area contributed by atoms with E-state index < -0.39 is 11.8 Å². The summed E-state index contributed by atoms with van der Waals surface area (Å²) >= 11 is 5.89. The lowest BCUT2D eigenvalue weighted by Gasteiger charge is -2.12. The summed E-state index contributed by atoms with van der Waals surface area (Å²) in [6, 6.07) is 2.72. The van der Waals surface area contributed by atoms with Crippen LogP contribution in [0.1, 0.15) is 23.0 Å². The van der Waals surface area contributed by atoms with Crippen LogP contribution in [0.25, 0.3) is 27.9 Å². The molecule has 0 saturated carbocycles. The molecule has 8 nitrogen and oxygen atoms in total. The average Bonchev–Trinajstić information content (AvgIpc) is 2.63. The molecule has 1 heterocycles. The van der Waals surface area contributed by atoms with E-state index in [4.69, 9.17) is 26.6 Å². The highest BCUT2D eigenvalue weighted by Gasteiger charge is 2.22. The predicted molar refractivity (Wildman–Crippen MR) is 93.8 cm³/mol. The second kappa shape index (κ2) is 8.28. The van der Waals surface area contributed by atoms with Crippen LogP contribution in [0.3, 0.4) is 0 Å². The van der Waals surface area contributed by atoms with Crippen molar-refractivity contribution < 1.29 is 18.7 Å². The van der Waals surface area contributed by atoms with Crippen LogP contribution in [-0.4, -0.2) is 30.2 Å². The van der Waals surface area contributed by atoms with Crippen LogP contribution in [-0.2, 0) is 4.74 Å². The highest BCUT2D eigenvalue weighted by molar-refractivity contribution is 6.32. The highest BCUT2D eigenvalue weighted by atomic mass is 35.5. The third kappa shape index (κ3) is 3.58. The molecule has 0 aliphatic carbocycles. The number of benzene rings is 1. The van der Waals surface area contributed by atoms with Gasteiger partial charge in [-0.2, -0.15) is 0 Å². The van der Waals surface area contributed by atoms with Gasteiger partial charge in [0.2, 0.25) is 0 Å². The first-order valence-electron chi connectivity index (χ1n) is 7.18. The van der Waals surface area contributed by atoms with Crippen molar-refractivity contribution in [3.63, 3.8) is 0 Å². The Labute approximate surface area is 152 Å². The number of halogens is 2. The van der Waals surface area contributed by atoms with Crippen molar-refractivity contribution >= 4 is 29.5 Å². The smallest absolute Gasteiger partial charge is 0.357 e. The van der Waals surface area contributed by atoms with Crippen molar-refractivity contribution in [1.82, 2.24) is 9.97 Å². The summed E-state index contributed by atoms with van der Waals surface area (Å²) in [5, 5.41) is 3.53. The van der Waals surface area contributed by atoms with Gasteiger partial charge in [0.05, 0.1) is 24.8 Å². The molecular weight excluding hydrogens is 365 g/mol. The van der Waals surface area contributed by atoms with Gasteiger partial charge in [0, 0.05) is 10.5 Å². The fourth-order valence-electron chi connectivity index (χ4n) is 2.16. The summed E-state index contributed by atoms with van der Waals surface area (Å²) in [4.78, 5) is 22.9. The van der Waals surface area contributed by atoms with Crippen molar-refractivity contribution in [3.8, 4) is 17.1 Å². The summed E-state index contributed by atoms with van der Waals surface area (Å²) in [5.41, 5.74) is 8.67. The van der Waals surface area contributed by atoms with Gasteiger partial charge in [0.15, 0.2) is 23.1 Å². The second-order valence-corrected chi connectivity index (χ2v) is 5.16. The zero-order valence-corrected chi connectivity index (χ0v) is 14.8. The summed E-state index contributed by atoms with van der Waals surface area (Å²) in [6.45, 7) is 1.69. The van der Waals surface area contributed by atoms with Gasteiger partial charge in [-0.3, -0.25) is 0 Å². The Balaban J connectivity index is 2.85. The molecule has 0 bridgehead atoms. The van der Waals surface area contributed by atoms with Crippen molar-refractivity contribution in [3.05, 3.63) is 50.7 Å². The second-order valence-electron chi connectivity index (χ2n) is 4.76. The Bertz CT molecular complexity index is 942. The van der Waals surface area contributed by atoms with E-state index in [9.17, 15) is 9.18 Å². The third-order valence-corrected chi connectivity index (χ3v) is 3.57. The number of aromatic nitrogens is 2. The molecule has 0 spiro atoms. The SMILES string of the molecule is CC=Cc1c(N=[N+]=[N-])nc(-c2ccc(Cl)c(OC)c2F)nc1C(=O)OC. The van der Waals surface area contributed by atoms with E-state index >= 15 is 0 Å². The molecule has 2 rings (SSSR count). The predicted octanol–water partition coefficient (Wildman–Crippen LogP) is 4.71. The summed E-state index contributed by atoms with van der Waals surface area (Å²) in [6.07, 6.45) is 3.09. The lowest BCUT2D eigenvalue weighted by molar-refractivity contribution is 0.0593. The molecule has 0 aliphatic heterocycles. The number of azide groups is 1. The average molecular weight is 378 g/mol. The maximum absolute atomic E-state index is 14.7. The van der Waals surface area contributed by atoms with Crippen molar-refractivity contribution in [2.24, 2.45) is 5.11 Å². The van der Waals surface area contributed by atoms with Crippen LogP contribution < -0.4 is 4.74 Å². The van der Waals surface area contributed by atoms with Crippen LogP contribution in [0, 0.1) is 5.82 Å². The van der Waals surface area contributed by atoms with Crippen LogP contribution in [0.5, 0.6) is 5.75 Å². The molecule has 134 valence electrons. The van der Waals surface area contributed by atoms with E-state index in [1.54, 1.807) is 13.0 Å². The zero-order valence-electron chi connectivity index (χ0n) is 14.0. The maximum atomic E-state index is 14.7. The van der Waals surface area contributed by atoms with Crippen LogP contribution >= 0.6 is 11.6 Å². The number of esters is 1. The lowest BCUT2D eigenvalue weighted by Crippen LogP contribution is -2.10. The van der Waals surface area contributed by atoms with Gasteiger partial charge in [-0.15, -0.1) is 0 Å². The van der Waals surface area contributed by atoms with Crippen LogP contribution in [0.2, 0.25) is 5.02 Å². The molecule has 0 amide bonds. The zero-order chi connectivity index (χ0) is 19.3. The number of methoxy groups -OCH3 is 2. The monoisotopic (exact) mass is 377 g/mol. The van der Waals surface area contributed by atoms with Crippen LogP contribution in [0.4, 0.5) is 10.2 Å². The summed E-state index contributed by atoms with van der Waals surface area (Å²) < 4.78 is 24.3. The number of ether oxygens (including phenoxy) is 2. The first-order valence-corrected chi connectivity index (χ1v) is 7.56. The number of hydrogen-bond donors (Lipinski definition) is 0. The molecule has 1 aromatic carbocycles. The molecule has 0 N–H and O–H groups in total. The van der Waals surface area contributed by atoms with E-state index in [1.165, 1.54) is 32.4 Å². The highest BCUT2D eigenvalue weighted by Crippen LogP contribution is 2.35. The van der Waals surface area contributed by atoms with Gasteiger partial charge in [0.25, 0.3) is 0 Å². The van der Waals surface area contributed by atoms with Gasteiger partial charge in [-0.05, 0) is 29.7 Å². The van der Waals surface area contributed by atoms with Crippen LogP contribution in [0.15, 0.2) is 23.3 Å². The van der Waals surface area contributed by atoms with E-state index in [0.717, 1.165) is 0 Å². The van der Waals surface area contributed by atoms with E-state index in [-0.39, 0.29) is 39.2 Å². The minimum atomic E-state index is -0.818. The van der Waals surface area contributed by atoms with Crippen molar-refractivity contribution in [1.29, 1.82) is 0 Å². The molecule has 10 heteroatoms. The number of hydrogen-bond acceptors (Lipinski definition) is 6. The summed E-state index contributed by atoms with van der Waals surface area (Å²) in [5.74, 6) is -2.15. The Hall–Kier alpha value is -3.16. The van der Waals surface area contributed by atoms with Gasteiger partial charge < -0.3 is 9.47 Å². The first kappa shape index (κ1) is 19.2. The topological polar surface area (TPSA) is 110 Å². The quantitative estimate of drug-likeness (QED) is 0.324. The molecule has 26 heavy (non-hydrogen) atoms. The van der Waals surface area contributed by atoms with Gasteiger partial charge in [-0.1, -0.05) is 23.8 Å². The third-order valence-electron chi connectivity index (χ3n) is 3.27. The minimum absolute atomic E-state index is 0.0581. The molecule has 1 aromatic heterocycles. The van der Waals surface area contributed by atoms with Crippen molar-refractivity contribution in [2.45, 2.75) is 6.92 Å².